The number of amides is 1. The molecule has 2 aromatic carbocycles. The lowest BCUT2D eigenvalue weighted by Gasteiger charge is -2.31. The number of halogens is 1. The van der Waals surface area contributed by atoms with E-state index >= 15 is 0 Å². The molecule has 1 aromatic heterocycles. The maximum atomic E-state index is 14.0. The van der Waals surface area contributed by atoms with E-state index in [1.165, 1.54) is 16.8 Å². The van der Waals surface area contributed by atoms with Crippen LogP contribution in [-0.2, 0) is 13.1 Å². The number of carbonyl (C=O) groups excluding carboxylic acids is 1. The van der Waals surface area contributed by atoms with E-state index in [0.717, 1.165) is 11.4 Å². The summed E-state index contributed by atoms with van der Waals surface area (Å²) in [5.41, 5.74) is 1.02. The van der Waals surface area contributed by atoms with Gasteiger partial charge >= 0.3 is 5.69 Å². The highest BCUT2D eigenvalue weighted by Crippen LogP contribution is 2.27. The average molecular weight is 408 g/mol. The standard InChI is InChI=1S/C23H25FN4O2/c1-2-27-21(25-28(23(27)30)16-17-8-4-3-5-9-17)18-12-14-26(15-13-18)22(29)19-10-6-7-11-20(19)24/h3-11,18H,2,12-16H2,1H3. The molecule has 0 bridgehead atoms. The molecule has 1 amide bonds. The fourth-order valence-corrected chi connectivity index (χ4v) is 4.06. The molecule has 1 fully saturated rings. The first-order valence-corrected chi connectivity index (χ1v) is 10.3. The van der Waals surface area contributed by atoms with Gasteiger partial charge < -0.3 is 4.90 Å². The van der Waals surface area contributed by atoms with Gasteiger partial charge in [0.1, 0.15) is 11.6 Å². The summed E-state index contributed by atoms with van der Waals surface area (Å²) in [4.78, 5) is 27.2. The quantitative estimate of drug-likeness (QED) is 0.651. The van der Waals surface area contributed by atoms with E-state index in [1.807, 2.05) is 37.3 Å². The molecule has 0 N–H and O–H groups in total. The predicted octanol–water partition coefficient (Wildman–Crippen LogP) is 3.27. The molecule has 1 aliphatic rings. The molecule has 1 aliphatic heterocycles. The van der Waals surface area contributed by atoms with Gasteiger partial charge in [-0.25, -0.2) is 13.9 Å². The zero-order chi connectivity index (χ0) is 21.1. The molecule has 0 atom stereocenters. The fourth-order valence-electron chi connectivity index (χ4n) is 4.06. The van der Waals surface area contributed by atoms with Crippen LogP contribution in [0.4, 0.5) is 4.39 Å². The van der Waals surface area contributed by atoms with E-state index in [4.69, 9.17) is 0 Å². The molecule has 0 unspecified atom stereocenters. The summed E-state index contributed by atoms with van der Waals surface area (Å²) in [6.07, 6.45) is 1.39. The summed E-state index contributed by atoms with van der Waals surface area (Å²) in [6, 6.07) is 15.9. The minimum absolute atomic E-state index is 0.0966. The molecule has 2 heterocycles. The van der Waals surface area contributed by atoms with E-state index < -0.39 is 5.82 Å². The molecule has 4 rings (SSSR count). The summed E-state index contributed by atoms with van der Waals surface area (Å²) in [5.74, 6) is 0.0916. The lowest BCUT2D eigenvalue weighted by atomic mass is 9.95. The monoisotopic (exact) mass is 408 g/mol. The van der Waals surface area contributed by atoms with Crippen molar-refractivity contribution in [3.05, 3.63) is 87.9 Å². The number of hydrogen-bond acceptors (Lipinski definition) is 3. The van der Waals surface area contributed by atoms with Gasteiger partial charge in [0.15, 0.2) is 0 Å². The van der Waals surface area contributed by atoms with Crippen LogP contribution in [0.25, 0.3) is 0 Å². The first-order chi connectivity index (χ1) is 14.6. The Hall–Kier alpha value is -3.22. The number of carbonyl (C=O) groups is 1. The largest absolute Gasteiger partial charge is 0.346 e. The topological polar surface area (TPSA) is 60.1 Å². The van der Waals surface area contributed by atoms with Gasteiger partial charge in [-0.15, -0.1) is 0 Å². The first-order valence-electron chi connectivity index (χ1n) is 10.3. The summed E-state index contributed by atoms with van der Waals surface area (Å²) < 4.78 is 17.2. The maximum absolute atomic E-state index is 14.0. The highest BCUT2D eigenvalue weighted by molar-refractivity contribution is 5.94. The van der Waals surface area contributed by atoms with Gasteiger partial charge in [0.25, 0.3) is 5.91 Å². The van der Waals surface area contributed by atoms with Crippen LogP contribution >= 0.6 is 0 Å². The summed E-state index contributed by atoms with van der Waals surface area (Å²) in [5, 5.41) is 4.65. The van der Waals surface area contributed by atoms with Crippen molar-refractivity contribution < 1.29 is 9.18 Å². The van der Waals surface area contributed by atoms with E-state index in [9.17, 15) is 14.0 Å². The summed E-state index contributed by atoms with van der Waals surface area (Å²) >= 11 is 0. The van der Waals surface area contributed by atoms with Crippen molar-refractivity contribution in [1.82, 2.24) is 19.2 Å². The van der Waals surface area contributed by atoms with Crippen LogP contribution in [0.1, 0.15) is 47.4 Å². The Labute approximate surface area is 174 Å². The third-order valence-corrected chi connectivity index (χ3v) is 5.69. The number of piperidine rings is 1. The van der Waals surface area contributed by atoms with Gasteiger partial charge in [-0.1, -0.05) is 42.5 Å². The molecular formula is C23H25FN4O2. The van der Waals surface area contributed by atoms with Crippen molar-refractivity contribution in [1.29, 1.82) is 0 Å². The van der Waals surface area contributed by atoms with Crippen molar-refractivity contribution in [2.45, 2.75) is 38.8 Å². The zero-order valence-electron chi connectivity index (χ0n) is 17.0. The minimum atomic E-state index is -0.496. The van der Waals surface area contributed by atoms with E-state index in [1.54, 1.807) is 21.6 Å². The third kappa shape index (κ3) is 3.92. The molecular weight excluding hydrogens is 383 g/mol. The van der Waals surface area contributed by atoms with Gasteiger partial charge in [0, 0.05) is 25.6 Å². The fraction of sp³-hybridized carbons (Fsp3) is 0.348. The van der Waals surface area contributed by atoms with Crippen LogP contribution in [0.15, 0.2) is 59.4 Å². The average Bonchev–Trinajstić information content (AvgIpc) is 3.09. The molecule has 0 radical (unpaired) electrons. The molecule has 3 aromatic rings. The number of rotatable bonds is 5. The van der Waals surface area contributed by atoms with Crippen molar-refractivity contribution in [2.75, 3.05) is 13.1 Å². The molecule has 1 saturated heterocycles. The highest BCUT2D eigenvalue weighted by Gasteiger charge is 2.29. The third-order valence-electron chi connectivity index (χ3n) is 5.69. The number of nitrogens with zero attached hydrogens (tertiary/aromatic N) is 4. The lowest BCUT2D eigenvalue weighted by molar-refractivity contribution is 0.0705. The molecule has 0 saturated carbocycles. The van der Waals surface area contributed by atoms with Crippen LogP contribution in [-0.4, -0.2) is 38.2 Å². The van der Waals surface area contributed by atoms with Crippen molar-refractivity contribution in [2.24, 2.45) is 0 Å². The van der Waals surface area contributed by atoms with E-state index in [0.29, 0.717) is 39.0 Å². The van der Waals surface area contributed by atoms with Crippen LogP contribution < -0.4 is 5.69 Å². The highest BCUT2D eigenvalue weighted by atomic mass is 19.1. The molecule has 6 nitrogen and oxygen atoms in total. The van der Waals surface area contributed by atoms with E-state index in [-0.39, 0.29) is 23.1 Å². The molecule has 0 spiro atoms. The first kappa shape index (κ1) is 20.1. The van der Waals surface area contributed by atoms with Crippen LogP contribution in [0, 0.1) is 5.82 Å². The Bertz CT molecular complexity index is 1080. The SMILES string of the molecule is CCn1c(C2CCN(C(=O)c3ccccc3F)CC2)nn(Cc2ccccc2)c1=O. The molecule has 7 heteroatoms. The van der Waals surface area contributed by atoms with Crippen LogP contribution in [0.2, 0.25) is 0 Å². The Morgan fingerprint density at radius 2 is 1.73 bits per heavy atom. The van der Waals surface area contributed by atoms with Crippen molar-refractivity contribution in [3.8, 4) is 0 Å². The number of likely N-dealkylation sites (tertiary alicyclic amines) is 1. The zero-order valence-corrected chi connectivity index (χ0v) is 17.0. The second-order valence-corrected chi connectivity index (χ2v) is 7.57. The Balaban J connectivity index is 1.49. The van der Waals surface area contributed by atoms with Gasteiger partial charge in [-0.2, -0.15) is 5.10 Å². The van der Waals surface area contributed by atoms with Crippen molar-refractivity contribution >= 4 is 5.91 Å². The number of benzene rings is 2. The van der Waals surface area contributed by atoms with Gasteiger partial charge in [-0.05, 0) is 37.5 Å². The predicted molar refractivity (Wildman–Crippen MR) is 112 cm³/mol. The second kappa shape index (κ2) is 8.65. The number of hydrogen-bond donors (Lipinski definition) is 0. The molecule has 0 aliphatic carbocycles. The Kier molecular flexibility index (Phi) is 5.79. The van der Waals surface area contributed by atoms with Crippen molar-refractivity contribution in [3.63, 3.8) is 0 Å². The Morgan fingerprint density at radius 3 is 2.40 bits per heavy atom. The van der Waals surface area contributed by atoms with Gasteiger partial charge in [0.05, 0.1) is 12.1 Å². The number of aromatic nitrogens is 3. The lowest BCUT2D eigenvalue weighted by Crippen LogP contribution is -2.39. The Morgan fingerprint density at radius 1 is 1.07 bits per heavy atom. The second-order valence-electron chi connectivity index (χ2n) is 7.57. The summed E-state index contributed by atoms with van der Waals surface area (Å²) in [7, 11) is 0. The van der Waals surface area contributed by atoms with Gasteiger partial charge in [-0.3, -0.25) is 9.36 Å². The van der Waals surface area contributed by atoms with E-state index in [2.05, 4.69) is 5.10 Å². The minimum Gasteiger partial charge on any atom is -0.339 e. The summed E-state index contributed by atoms with van der Waals surface area (Å²) in [6.45, 7) is 3.96. The molecule has 30 heavy (non-hydrogen) atoms. The van der Waals surface area contributed by atoms with Gasteiger partial charge in [0.2, 0.25) is 0 Å². The molecule has 156 valence electrons. The normalized spacial score (nSPS) is 14.8. The van der Waals surface area contributed by atoms with Crippen LogP contribution in [0.3, 0.4) is 0 Å². The maximum Gasteiger partial charge on any atom is 0.346 e. The smallest absolute Gasteiger partial charge is 0.339 e. The van der Waals surface area contributed by atoms with Crippen LogP contribution in [0.5, 0.6) is 0 Å².